The summed E-state index contributed by atoms with van der Waals surface area (Å²) in [5.74, 6) is -0.838. The largest absolute Gasteiger partial charge is 0.478 e. The van der Waals surface area contributed by atoms with E-state index in [2.05, 4.69) is 20.4 Å². The van der Waals surface area contributed by atoms with Crippen LogP contribution in [0.1, 0.15) is 10.4 Å². The van der Waals surface area contributed by atoms with Crippen molar-refractivity contribution in [3.63, 3.8) is 0 Å². The van der Waals surface area contributed by atoms with Gasteiger partial charge in [0.25, 0.3) is 0 Å². The summed E-state index contributed by atoms with van der Waals surface area (Å²) < 4.78 is 0. The molecule has 0 spiro atoms. The van der Waals surface area contributed by atoms with E-state index in [9.17, 15) is 4.79 Å². The Morgan fingerprint density at radius 3 is 2.62 bits per heavy atom. The molecule has 0 aliphatic carbocycles. The molecule has 0 saturated carbocycles. The zero-order valence-electron chi connectivity index (χ0n) is 12.3. The quantitative estimate of drug-likeness (QED) is 0.608. The normalized spacial score (nSPS) is 11.0. The summed E-state index contributed by atoms with van der Waals surface area (Å²) in [6.45, 7) is 0. The number of nitrogens with one attached hydrogen (secondary N) is 1. The van der Waals surface area contributed by atoms with Crippen molar-refractivity contribution in [2.75, 3.05) is 5.73 Å². The first-order chi connectivity index (χ1) is 11.5. The van der Waals surface area contributed by atoms with Crippen molar-refractivity contribution in [2.24, 2.45) is 10.2 Å². The summed E-state index contributed by atoms with van der Waals surface area (Å²) in [4.78, 5) is 11.0. The molecule has 8 heteroatoms. The van der Waals surface area contributed by atoms with Crippen LogP contribution in [0, 0.1) is 0 Å². The summed E-state index contributed by atoms with van der Waals surface area (Å²) in [6, 6.07) is 13.2. The monoisotopic (exact) mass is 341 g/mol. The maximum absolute atomic E-state index is 11.0. The predicted molar refractivity (Wildman–Crippen MR) is 91.0 cm³/mol. The van der Waals surface area contributed by atoms with Gasteiger partial charge in [0.05, 0.1) is 16.9 Å². The number of aromatic nitrogens is 2. The molecule has 0 fully saturated rings. The van der Waals surface area contributed by atoms with Gasteiger partial charge in [0, 0.05) is 10.6 Å². The Balaban J connectivity index is 1.96. The zero-order chi connectivity index (χ0) is 17.1. The molecular weight excluding hydrogens is 330 g/mol. The van der Waals surface area contributed by atoms with Crippen LogP contribution in [0.5, 0.6) is 0 Å². The minimum Gasteiger partial charge on any atom is -0.478 e. The van der Waals surface area contributed by atoms with E-state index in [1.165, 1.54) is 12.1 Å². The van der Waals surface area contributed by atoms with Crippen molar-refractivity contribution in [1.29, 1.82) is 0 Å². The van der Waals surface area contributed by atoms with Crippen molar-refractivity contribution in [3.05, 3.63) is 59.1 Å². The molecule has 0 unspecified atom stereocenters. The molecule has 0 saturated heterocycles. The Morgan fingerprint density at radius 2 is 1.92 bits per heavy atom. The van der Waals surface area contributed by atoms with Crippen LogP contribution in [0.2, 0.25) is 5.02 Å². The molecule has 2 aromatic carbocycles. The van der Waals surface area contributed by atoms with E-state index >= 15 is 0 Å². The number of H-pyrrole nitrogens is 1. The third-order valence-electron chi connectivity index (χ3n) is 3.26. The first kappa shape index (κ1) is 15.7. The van der Waals surface area contributed by atoms with Gasteiger partial charge >= 0.3 is 5.97 Å². The van der Waals surface area contributed by atoms with Crippen molar-refractivity contribution in [2.45, 2.75) is 0 Å². The number of carboxylic acid groups (broad SMARTS) is 1. The number of rotatable bonds is 4. The number of azo groups is 1. The minimum atomic E-state index is -1.03. The lowest BCUT2D eigenvalue weighted by Crippen LogP contribution is -1.94. The van der Waals surface area contributed by atoms with Crippen LogP contribution in [0.3, 0.4) is 0 Å². The Kier molecular flexibility index (Phi) is 4.26. The van der Waals surface area contributed by atoms with Gasteiger partial charge in [-0.1, -0.05) is 29.8 Å². The molecule has 0 aliphatic heterocycles. The van der Waals surface area contributed by atoms with Crippen LogP contribution in [0.25, 0.3) is 11.3 Å². The van der Waals surface area contributed by atoms with Gasteiger partial charge in [-0.3, -0.25) is 5.10 Å². The van der Waals surface area contributed by atoms with Gasteiger partial charge in [-0.05, 0) is 30.3 Å². The highest BCUT2D eigenvalue weighted by Crippen LogP contribution is 2.34. The Labute approximate surface area is 141 Å². The van der Waals surface area contributed by atoms with Crippen LogP contribution in [0.15, 0.2) is 58.8 Å². The number of nitrogens with two attached hydrogens (primary N) is 1. The number of anilines is 1. The summed E-state index contributed by atoms with van der Waals surface area (Å²) in [7, 11) is 0. The van der Waals surface area contributed by atoms with Crippen molar-refractivity contribution in [3.8, 4) is 11.3 Å². The highest BCUT2D eigenvalue weighted by molar-refractivity contribution is 6.30. The Hall–Kier alpha value is -3.19. The van der Waals surface area contributed by atoms with Gasteiger partial charge in [0.2, 0.25) is 0 Å². The Bertz CT molecular complexity index is 918. The minimum absolute atomic E-state index is 0.129. The number of hydrogen-bond donors (Lipinski definition) is 3. The smallest absolute Gasteiger partial charge is 0.335 e. The fraction of sp³-hybridized carbons (Fsp3) is 0. The summed E-state index contributed by atoms with van der Waals surface area (Å²) >= 11 is 5.89. The van der Waals surface area contributed by atoms with Gasteiger partial charge < -0.3 is 10.8 Å². The highest BCUT2D eigenvalue weighted by Gasteiger charge is 2.12. The molecule has 0 aliphatic rings. The maximum Gasteiger partial charge on any atom is 0.335 e. The molecule has 0 amide bonds. The fourth-order valence-electron chi connectivity index (χ4n) is 2.08. The van der Waals surface area contributed by atoms with E-state index in [1.54, 1.807) is 36.4 Å². The topological polar surface area (TPSA) is 117 Å². The van der Waals surface area contributed by atoms with E-state index in [0.29, 0.717) is 22.1 Å². The average molecular weight is 342 g/mol. The number of benzene rings is 2. The molecule has 0 bridgehead atoms. The number of nitrogens with zero attached hydrogens (tertiary/aromatic N) is 3. The van der Waals surface area contributed by atoms with Crippen LogP contribution >= 0.6 is 11.6 Å². The highest BCUT2D eigenvalue weighted by atomic mass is 35.5. The van der Waals surface area contributed by atoms with Gasteiger partial charge in [0.15, 0.2) is 11.5 Å². The maximum atomic E-state index is 11.0. The van der Waals surface area contributed by atoms with E-state index in [0.717, 1.165) is 5.56 Å². The SMILES string of the molecule is Nc1n[nH]c(-c2ccc(Cl)cc2)c1N=Nc1cccc(C(=O)O)c1. The molecule has 24 heavy (non-hydrogen) atoms. The summed E-state index contributed by atoms with van der Waals surface area (Å²) in [5, 5.41) is 24.5. The van der Waals surface area contributed by atoms with Crippen molar-refractivity contribution >= 4 is 34.8 Å². The summed E-state index contributed by atoms with van der Waals surface area (Å²) in [5.41, 5.74) is 8.14. The van der Waals surface area contributed by atoms with Crippen LogP contribution in [-0.4, -0.2) is 21.3 Å². The van der Waals surface area contributed by atoms with E-state index < -0.39 is 5.97 Å². The average Bonchev–Trinajstić information content (AvgIpc) is 2.95. The molecule has 7 nitrogen and oxygen atoms in total. The molecule has 1 heterocycles. The number of carboxylic acids is 1. The number of aromatic amines is 1. The zero-order valence-corrected chi connectivity index (χ0v) is 13.0. The van der Waals surface area contributed by atoms with Crippen molar-refractivity contribution in [1.82, 2.24) is 10.2 Å². The molecule has 0 radical (unpaired) electrons. The lowest BCUT2D eigenvalue weighted by atomic mass is 10.1. The number of halogens is 1. The van der Waals surface area contributed by atoms with Gasteiger partial charge in [-0.25, -0.2) is 4.79 Å². The van der Waals surface area contributed by atoms with Gasteiger partial charge in [0.1, 0.15) is 0 Å². The lowest BCUT2D eigenvalue weighted by Gasteiger charge is -2.00. The number of carbonyl (C=O) groups is 1. The Morgan fingerprint density at radius 1 is 1.17 bits per heavy atom. The summed E-state index contributed by atoms with van der Waals surface area (Å²) in [6.07, 6.45) is 0. The first-order valence-corrected chi connectivity index (χ1v) is 7.27. The molecule has 0 atom stereocenters. The van der Waals surface area contributed by atoms with Crippen LogP contribution < -0.4 is 5.73 Å². The molecular formula is C16H12ClN5O2. The van der Waals surface area contributed by atoms with Crippen LogP contribution in [0.4, 0.5) is 17.2 Å². The van der Waals surface area contributed by atoms with E-state index in [-0.39, 0.29) is 11.4 Å². The van der Waals surface area contributed by atoms with Gasteiger partial charge in [-0.15, -0.1) is 5.11 Å². The molecule has 120 valence electrons. The third-order valence-corrected chi connectivity index (χ3v) is 3.51. The second kappa shape index (κ2) is 6.51. The van der Waals surface area contributed by atoms with Gasteiger partial charge in [-0.2, -0.15) is 10.2 Å². The molecule has 3 rings (SSSR count). The van der Waals surface area contributed by atoms with Crippen molar-refractivity contribution < 1.29 is 9.90 Å². The standard InChI is InChI=1S/C16H12ClN5O2/c17-11-6-4-9(5-7-11)13-14(15(18)22-20-13)21-19-12-3-1-2-10(8-12)16(23)24/h1-8H,(H,23,24)(H3,18,20,22). The number of hydrogen-bond acceptors (Lipinski definition) is 5. The third kappa shape index (κ3) is 3.26. The predicted octanol–water partition coefficient (Wildman–Crippen LogP) is 4.43. The lowest BCUT2D eigenvalue weighted by molar-refractivity contribution is 0.0697. The second-order valence-corrected chi connectivity index (χ2v) is 5.33. The van der Waals surface area contributed by atoms with E-state index in [1.807, 2.05) is 0 Å². The number of nitrogen functional groups attached to an aromatic ring is 1. The second-order valence-electron chi connectivity index (χ2n) is 4.89. The van der Waals surface area contributed by atoms with E-state index in [4.69, 9.17) is 22.4 Å². The van der Waals surface area contributed by atoms with Crippen LogP contribution in [-0.2, 0) is 0 Å². The number of aromatic carboxylic acids is 1. The fourth-order valence-corrected chi connectivity index (χ4v) is 2.20. The first-order valence-electron chi connectivity index (χ1n) is 6.89. The molecule has 1 aromatic heterocycles. The molecule has 4 N–H and O–H groups in total. The molecule has 3 aromatic rings.